The van der Waals surface area contributed by atoms with Gasteiger partial charge in [0.05, 0.1) is 13.2 Å². The predicted molar refractivity (Wildman–Crippen MR) is 66.3 cm³/mol. The molecule has 1 atom stereocenters. The van der Waals surface area contributed by atoms with Crippen LogP contribution in [0.25, 0.3) is 0 Å². The molecule has 1 aromatic carbocycles. The van der Waals surface area contributed by atoms with Crippen LogP contribution < -0.4 is 5.32 Å². The molecular formula is C13H16F3NO3. The van der Waals surface area contributed by atoms with E-state index in [1.807, 2.05) is 0 Å². The third-order valence-electron chi connectivity index (χ3n) is 2.50. The number of carbonyl (C=O) groups is 1. The summed E-state index contributed by atoms with van der Waals surface area (Å²) < 4.78 is 41.4. The minimum absolute atomic E-state index is 0.0460. The number of hydrogen-bond donors (Lipinski definition) is 2. The first-order valence-electron chi connectivity index (χ1n) is 6.06. The lowest BCUT2D eigenvalue weighted by Crippen LogP contribution is -2.44. The van der Waals surface area contributed by atoms with E-state index in [1.165, 1.54) is 24.3 Å². The molecule has 0 aromatic heterocycles. The second-order valence-electron chi connectivity index (χ2n) is 4.17. The van der Waals surface area contributed by atoms with Crippen LogP contribution in [0.4, 0.5) is 13.2 Å². The highest BCUT2D eigenvalue weighted by molar-refractivity contribution is 5.76. The van der Waals surface area contributed by atoms with Gasteiger partial charge in [0.2, 0.25) is 0 Å². The van der Waals surface area contributed by atoms with Gasteiger partial charge in [-0.3, -0.25) is 10.1 Å². The van der Waals surface area contributed by atoms with Crippen molar-refractivity contribution in [1.29, 1.82) is 0 Å². The highest BCUT2D eigenvalue weighted by Gasteiger charge is 2.30. The van der Waals surface area contributed by atoms with Crippen LogP contribution in [0.2, 0.25) is 0 Å². The monoisotopic (exact) mass is 291 g/mol. The number of carbonyl (C=O) groups excluding carboxylic acids is 1. The van der Waals surface area contributed by atoms with Crippen LogP contribution in [0.3, 0.4) is 0 Å². The molecule has 0 fully saturated rings. The molecule has 112 valence electrons. The summed E-state index contributed by atoms with van der Waals surface area (Å²) in [5, 5.41) is 11.3. The number of alkyl halides is 3. The number of rotatable bonds is 6. The Morgan fingerprint density at radius 1 is 1.35 bits per heavy atom. The van der Waals surface area contributed by atoms with Gasteiger partial charge in [0, 0.05) is 0 Å². The Hall–Kier alpha value is -1.76. The van der Waals surface area contributed by atoms with Gasteiger partial charge in [0.25, 0.3) is 0 Å². The van der Waals surface area contributed by atoms with Gasteiger partial charge in [-0.15, -0.1) is 0 Å². The van der Waals surface area contributed by atoms with Crippen molar-refractivity contribution in [2.24, 2.45) is 0 Å². The molecular weight excluding hydrogens is 275 g/mol. The summed E-state index contributed by atoms with van der Waals surface area (Å²) in [5.41, 5.74) is 0.621. The zero-order chi connectivity index (χ0) is 15.2. The molecule has 1 aromatic rings. The summed E-state index contributed by atoms with van der Waals surface area (Å²) >= 11 is 0. The third kappa shape index (κ3) is 5.92. The van der Waals surface area contributed by atoms with E-state index in [2.05, 4.69) is 5.32 Å². The van der Waals surface area contributed by atoms with Crippen molar-refractivity contribution < 1.29 is 27.8 Å². The first-order valence-corrected chi connectivity index (χ1v) is 6.06. The summed E-state index contributed by atoms with van der Waals surface area (Å²) in [6.07, 6.45) is -4.35. The molecule has 7 heteroatoms. The minimum Gasteiger partial charge on any atom is -0.508 e. The molecule has 0 radical (unpaired) electrons. The van der Waals surface area contributed by atoms with E-state index in [0.717, 1.165) is 0 Å². The number of hydrogen-bond acceptors (Lipinski definition) is 4. The lowest BCUT2D eigenvalue weighted by molar-refractivity contribution is -0.148. The highest BCUT2D eigenvalue weighted by atomic mass is 19.4. The van der Waals surface area contributed by atoms with Crippen molar-refractivity contribution >= 4 is 5.97 Å². The summed E-state index contributed by atoms with van der Waals surface area (Å²) in [6.45, 7) is 0.409. The molecule has 1 rings (SSSR count). The zero-order valence-electron chi connectivity index (χ0n) is 10.9. The summed E-state index contributed by atoms with van der Waals surface area (Å²) in [6, 6.07) is 4.80. The Bertz CT molecular complexity index is 431. The minimum atomic E-state index is -4.40. The van der Waals surface area contributed by atoms with Gasteiger partial charge in [-0.1, -0.05) is 12.1 Å². The Morgan fingerprint density at radius 2 is 1.95 bits per heavy atom. The van der Waals surface area contributed by atoms with E-state index in [0.29, 0.717) is 5.56 Å². The second kappa shape index (κ2) is 7.14. The molecule has 0 heterocycles. The molecule has 4 nitrogen and oxygen atoms in total. The fraction of sp³-hybridized carbons (Fsp3) is 0.462. The lowest BCUT2D eigenvalue weighted by Gasteiger charge is -2.18. The van der Waals surface area contributed by atoms with Crippen LogP contribution in [-0.4, -0.2) is 36.4 Å². The van der Waals surface area contributed by atoms with E-state index in [1.54, 1.807) is 6.92 Å². The zero-order valence-corrected chi connectivity index (χ0v) is 10.9. The van der Waals surface area contributed by atoms with Crippen molar-refractivity contribution in [3.05, 3.63) is 29.8 Å². The molecule has 0 aliphatic heterocycles. The van der Waals surface area contributed by atoms with Gasteiger partial charge in [0.15, 0.2) is 0 Å². The summed E-state index contributed by atoms with van der Waals surface area (Å²) in [4.78, 5) is 11.6. The van der Waals surface area contributed by atoms with Gasteiger partial charge >= 0.3 is 12.1 Å². The smallest absolute Gasteiger partial charge is 0.401 e. The first-order chi connectivity index (χ1) is 9.31. The van der Waals surface area contributed by atoms with E-state index < -0.39 is 24.7 Å². The molecule has 0 spiro atoms. The number of benzene rings is 1. The third-order valence-corrected chi connectivity index (χ3v) is 2.50. The number of phenolic OH excluding ortho intramolecular Hbond substituents is 1. The van der Waals surface area contributed by atoms with E-state index in [9.17, 15) is 18.0 Å². The molecule has 0 aliphatic carbocycles. The van der Waals surface area contributed by atoms with Crippen LogP contribution in [0.15, 0.2) is 24.3 Å². The normalized spacial score (nSPS) is 13.0. The maximum atomic E-state index is 12.2. The maximum Gasteiger partial charge on any atom is 0.401 e. The largest absolute Gasteiger partial charge is 0.508 e. The van der Waals surface area contributed by atoms with Crippen molar-refractivity contribution in [2.45, 2.75) is 25.6 Å². The van der Waals surface area contributed by atoms with Gasteiger partial charge in [0.1, 0.15) is 11.8 Å². The lowest BCUT2D eigenvalue weighted by atomic mass is 10.1. The van der Waals surface area contributed by atoms with Crippen molar-refractivity contribution in [2.75, 3.05) is 13.2 Å². The van der Waals surface area contributed by atoms with Crippen molar-refractivity contribution in [3.8, 4) is 5.75 Å². The first kappa shape index (κ1) is 16.3. The quantitative estimate of drug-likeness (QED) is 0.787. The van der Waals surface area contributed by atoms with Crippen molar-refractivity contribution in [3.63, 3.8) is 0 Å². The number of nitrogens with one attached hydrogen (secondary N) is 1. The van der Waals surface area contributed by atoms with Crippen molar-refractivity contribution in [1.82, 2.24) is 5.32 Å². The fourth-order valence-electron chi connectivity index (χ4n) is 1.59. The van der Waals surface area contributed by atoms with Gasteiger partial charge in [-0.05, 0) is 31.0 Å². The predicted octanol–water partition coefficient (Wildman–Crippen LogP) is 2.02. The molecule has 0 amide bonds. The Morgan fingerprint density at radius 3 is 2.45 bits per heavy atom. The SMILES string of the molecule is CCOC(=O)[C@H](Cc1ccc(O)cc1)NCC(F)(F)F. The topological polar surface area (TPSA) is 58.6 Å². The van der Waals surface area contributed by atoms with E-state index in [4.69, 9.17) is 9.84 Å². The molecule has 0 aliphatic rings. The molecule has 2 N–H and O–H groups in total. The standard InChI is InChI=1S/C13H16F3NO3/c1-2-20-12(19)11(17-8-13(14,15)16)7-9-3-5-10(18)6-4-9/h3-6,11,17-18H,2,7-8H2,1H3/t11-/m0/s1. The Labute approximate surface area is 114 Å². The molecule has 0 saturated heterocycles. The highest BCUT2D eigenvalue weighted by Crippen LogP contribution is 2.15. The van der Waals surface area contributed by atoms with Crippen LogP contribution in [0.5, 0.6) is 5.75 Å². The van der Waals surface area contributed by atoms with Crippen LogP contribution in [0, 0.1) is 0 Å². The average Bonchev–Trinajstić information content (AvgIpc) is 2.36. The summed E-state index contributed by atoms with van der Waals surface area (Å²) in [5.74, 6) is -0.686. The maximum absolute atomic E-state index is 12.2. The Kier molecular flexibility index (Phi) is 5.82. The fourth-order valence-corrected chi connectivity index (χ4v) is 1.59. The second-order valence-corrected chi connectivity index (χ2v) is 4.17. The van der Waals surface area contributed by atoms with Gasteiger partial charge in [-0.2, -0.15) is 13.2 Å². The number of aromatic hydroxyl groups is 1. The van der Waals surface area contributed by atoms with Gasteiger partial charge < -0.3 is 9.84 Å². The van der Waals surface area contributed by atoms with Gasteiger partial charge in [-0.25, -0.2) is 0 Å². The average molecular weight is 291 g/mol. The number of ether oxygens (including phenoxy) is 1. The van der Waals surface area contributed by atoms with Crippen LogP contribution in [0.1, 0.15) is 12.5 Å². The number of halogens is 3. The van der Waals surface area contributed by atoms with Crippen LogP contribution >= 0.6 is 0 Å². The number of esters is 1. The molecule has 0 bridgehead atoms. The Balaban J connectivity index is 2.71. The van der Waals surface area contributed by atoms with Crippen LogP contribution in [-0.2, 0) is 16.0 Å². The summed E-state index contributed by atoms with van der Waals surface area (Å²) in [7, 11) is 0. The van der Waals surface area contributed by atoms with E-state index >= 15 is 0 Å². The molecule has 0 unspecified atom stereocenters. The number of phenols is 1. The molecule has 20 heavy (non-hydrogen) atoms. The van der Waals surface area contributed by atoms with E-state index in [-0.39, 0.29) is 18.8 Å². The molecule has 0 saturated carbocycles.